The van der Waals surface area contributed by atoms with Gasteiger partial charge in [0.2, 0.25) is 5.96 Å². The van der Waals surface area contributed by atoms with Gasteiger partial charge in [0.15, 0.2) is 0 Å². The summed E-state index contributed by atoms with van der Waals surface area (Å²) in [5.41, 5.74) is 12.6. The van der Waals surface area contributed by atoms with E-state index in [2.05, 4.69) is 26.9 Å². The maximum absolute atomic E-state index is 5.20. The molecule has 6 heteroatoms. The predicted molar refractivity (Wildman–Crippen MR) is 80.6 cm³/mol. The Morgan fingerprint density at radius 3 is 2.53 bits per heavy atom. The van der Waals surface area contributed by atoms with Gasteiger partial charge in [-0.05, 0) is 17.7 Å². The van der Waals surface area contributed by atoms with Crippen LogP contribution in [0.4, 0.5) is 0 Å². The van der Waals surface area contributed by atoms with Gasteiger partial charge in [-0.2, -0.15) is 5.10 Å². The van der Waals surface area contributed by atoms with Gasteiger partial charge in [0.05, 0.1) is 11.9 Å². The van der Waals surface area contributed by atoms with Crippen molar-refractivity contribution in [3.8, 4) is 0 Å². The smallest absolute Gasteiger partial charge is 0.211 e. The van der Waals surface area contributed by atoms with Crippen LogP contribution in [0.3, 0.4) is 0 Å². The number of halogens is 1. The maximum Gasteiger partial charge on any atom is 0.211 e. The minimum Gasteiger partial charge on any atom is -0.369 e. The Labute approximate surface area is 118 Å². The Morgan fingerprint density at radius 2 is 1.84 bits per heavy atom. The molecule has 0 fully saturated rings. The third-order valence-electron chi connectivity index (χ3n) is 2.42. The van der Waals surface area contributed by atoms with Crippen LogP contribution in [0.15, 0.2) is 58.9 Å². The van der Waals surface area contributed by atoms with E-state index in [0.717, 1.165) is 12.2 Å². The number of nitrogens with two attached hydrogens (primary N) is 2. The van der Waals surface area contributed by atoms with Gasteiger partial charge in [0.25, 0.3) is 0 Å². The lowest BCUT2D eigenvalue weighted by Gasteiger charge is -2.05. The number of rotatable bonds is 4. The van der Waals surface area contributed by atoms with Gasteiger partial charge in [0.1, 0.15) is 0 Å². The fraction of sp³-hybridized carbons (Fsp3) is 0.0769. The molecule has 0 unspecified atom stereocenters. The van der Waals surface area contributed by atoms with Crippen molar-refractivity contribution >= 4 is 24.6 Å². The zero-order chi connectivity index (χ0) is 12.8. The minimum atomic E-state index is -0.0487. The number of nitrogens with zero attached hydrogens (tertiary/aromatic N) is 3. The van der Waals surface area contributed by atoms with E-state index in [1.807, 2.05) is 36.5 Å². The average molecular weight is 278 g/mol. The lowest BCUT2D eigenvalue weighted by Crippen LogP contribution is -2.21. The SMILES string of the molecule is Cl.NC(N)=N/N=C/c1cccn1Cc1ccccc1. The Morgan fingerprint density at radius 1 is 1.11 bits per heavy atom. The van der Waals surface area contributed by atoms with Gasteiger partial charge in [-0.3, -0.25) is 0 Å². The molecule has 4 N–H and O–H groups in total. The summed E-state index contributed by atoms with van der Waals surface area (Å²) in [6.07, 6.45) is 3.62. The molecule has 0 bridgehead atoms. The second kappa shape index (κ2) is 7.23. The molecule has 0 amide bonds. The highest BCUT2D eigenvalue weighted by Gasteiger charge is 1.98. The summed E-state index contributed by atoms with van der Waals surface area (Å²) in [7, 11) is 0. The number of guanidine groups is 1. The Hall–Kier alpha value is -2.27. The number of aromatic nitrogens is 1. The van der Waals surface area contributed by atoms with E-state index >= 15 is 0 Å². The van der Waals surface area contributed by atoms with E-state index < -0.39 is 0 Å². The van der Waals surface area contributed by atoms with E-state index in [-0.39, 0.29) is 18.4 Å². The quantitative estimate of drug-likeness (QED) is 0.505. The van der Waals surface area contributed by atoms with Crippen LogP contribution in [0, 0.1) is 0 Å². The third kappa shape index (κ3) is 4.48. The monoisotopic (exact) mass is 277 g/mol. The molecule has 0 aliphatic carbocycles. The minimum absolute atomic E-state index is 0. The van der Waals surface area contributed by atoms with Crippen molar-refractivity contribution in [2.45, 2.75) is 6.54 Å². The Bertz CT molecular complexity index is 555. The number of benzene rings is 1. The van der Waals surface area contributed by atoms with Crippen molar-refractivity contribution in [2.24, 2.45) is 21.7 Å². The van der Waals surface area contributed by atoms with Gasteiger partial charge < -0.3 is 16.0 Å². The zero-order valence-corrected chi connectivity index (χ0v) is 11.1. The molecule has 0 radical (unpaired) electrons. The van der Waals surface area contributed by atoms with Crippen molar-refractivity contribution in [2.75, 3.05) is 0 Å². The fourth-order valence-corrected chi connectivity index (χ4v) is 1.62. The highest BCUT2D eigenvalue weighted by molar-refractivity contribution is 5.85. The van der Waals surface area contributed by atoms with Gasteiger partial charge in [-0.1, -0.05) is 30.3 Å². The van der Waals surface area contributed by atoms with Gasteiger partial charge in [0, 0.05) is 12.7 Å². The zero-order valence-electron chi connectivity index (χ0n) is 10.3. The summed E-state index contributed by atoms with van der Waals surface area (Å²) >= 11 is 0. The third-order valence-corrected chi connectivity index (χ3v) is 2.42. The molecule has 1 aromatic heterocycles. The van der Waals surface area contributed by atoms with Gasteiger partial charge in [-0.25, -0.2) is 0 Å². The summed E-state index contributed by atoms with van der Waals surface area (Å²) in [6.45, 7) is 0.789. The summed E-state index contributed by atoms with van der Waals surface area (Å²) in [6, 6.07) is 14.1. The summed E-state index contributed by atoms with van der Waals surface area (Å²) in [5.74, 6) is -0.0487. The Kier molecular flexibility index (Phi) is 5.63. The van der Waals surface area contributed by atoms with Crippen molar-refractivity contribution in [1.82, 2.24) is 4.57 Å². The predicted octanol–water partition coefficient (Wildman–Crippen LogP) is 1.57. The molecule has 0 saturated carbocycles. The van der Waals surface area contributed by atoms with Crippen LogP contribution in [-0.2, 0) is 6.54 Å². The molecule has 1 aromatic carbocycles. The standard InChI is InChI=1S/C13H15N5.ClH/c14-13(15)17-16-9-12-7-4-8-18(12)10-11-5-2-1-3-6-11;/h1-9H,10H2,(H4,14,15,17);1H/b16-9+;. The van der Waals surface area contributed by atoms with Gasteiger partial charge in [-0.15, -0.1) is 17.5 Å². The van der Waals surface area contributed by atoms with E-state index in [9.17, 15) is 0 Å². The average Bonchev–Trinajstić information content (AvgIpc) is 2.78. The van der Waals surface area contributed by atoms with Gasteiger partial charge >= 0.3 is 0 Å². The molecule has 0 atom stereocenters. The van der Waals surface area contributed by atoms with Crippen molar-refractivity contribution in [3.63, 3.8) is 0 Å². The van der Waals surface area contributed by atoms with Crippen LogP contribution >= 0.6 is 12.4 Å². The van der Waals surface area contributed by atoms with E-state index in [1.165, 1.54) is 5.56 Å². The second-order valence-electron chi connectivity index (χ2n) is 3.82. The second-order valence-corrected chi connectivity index (χ2v) is 3.82. The van der Waals surface area contributed by atoms with Crippen LogP contribution in [0.2, 0.25) is 0 Å². The molecule has 100 valence electrons. The molecule has 5 nitrogen and oxygen atoms in total. The summed E-state index contributed by atoms with van der Waals surface area (Å²) < 4.78 is 2.07. The summed E-state index contributed by atoms with van der Waals surface area (Å²) in [4.78, 5) is 0. The highest BCUT2D eigenvalue weighted by atomic mass is 35.5. The van der Waals surface area contributed by atoms with Crippen molar-refractivity contribution in [1.29, 1.82) is 0 Å². The normalized spacial score (nSPS) is 10.1. The van der Waals surface area contributed by atoms with Crippen LogP contribution < -0.4 is 11.5 Å². The molecule has 2 rings (SSSR count). The molecular formula is C13H16ClN5. The maximum atomic E-state index is 5.20. The Balaban J connectivity index is 0.00000180. The van der Waals surface area contributed by atoms with Crippen LogP contribution in [0.5, 0.6) is 0 Å². The van der Waals surface area contributed by atoms with E-state index in [1.54, 1.807) is 6.21 Å². The number of hydrogen-bond donors (Lipinski definition) is 2. The molecule has 0 spiro atoms. The first kappa shape index (κ1) is 14.8. The van der Waals surface area contributed by atoms with Crippen molar-refractivity contribution in [3.05, 3.63) is 59.9 Å². The van der Waals surface area contributed by atoms with Crippen LogP contribution in [0.1, 0.15) is 11.3 Å². The molecule has 2 aromatic rings. The topological polar surface area (TPSA) is 81.7 Å². The molecule has 1 heterocycles. The fourth-order valence-electron chi connectivity index (χ4n) is 1.62. The molecule has 0 aliphatic rings. The molecular weight excluding hydrogens is 262 g/mol. The molecule has 0 saturated heterocycles. The largest absolute Gasteiger partial charge is 0.369 e. The first-order chi connectivity index (χ1) is 8.75. The lowest BCUT2D eigenvalue weighted by atomic mass is 10.2. The first-order valence-electron chi connectivity index (χ1n) is 5.57. The highest BCUT2D eigenvalue weighted by Crippen LogP contribution is 2.06. The summed E-state index contributed by atoms with van der Waals surface area (Å²) in [5, 5.41) is 7.38. The molecule has 0 aliphatic heterocycles. The van der Waals surface area contributed by atoms with E-state index in [4.69, 9.17) is 11.5 Å². The first-order valence-corrected chi connectivity index (χ1v) is 5.57. The molecule has 19 heavy (non-hydrogen) atoms. The number of hydrogen-bond acceptors (Lipinski definition) is 2. The van der Waals surface area contributed by atoms with Crippen molar-refractivity contribution < 1.29 is 0 Å². The lowest BCUT2D eigenvalue weighted by molar-refractivity contribution is 0.799. The van der Waals surface area contributed by atoms with E-state index in [0.29, 0.717) is 0 Å². The van der Waals surface area contributed by atoms with Crippen LogP contribution in [-0.4, -0.2) is 16.7 Å². The van der Waals surface area contributed by atoms with Crippen LogP contribution in [0.25, 0.3) is 0 Å².